The summed E-state index contributed by atoms with van der Waals surface area (Å²) < 4.78 is 11.2. The van der Waals surface area contributed by atoms with Crippen LogP contribution in [0.5, 0.6) is 0 Å². The lowest BCUT2D eigenvalue weighted by Gasteiger charge is -2.25. The van der Waals surface area contributed by atoms with Gasteiger partial charge in [0.1, 0.15) is 12.4 Å². The number of hydrogen-bond acceptors (Lipinski definition) is 5. The monoisotopic (exact) mass is 425 g/mol. The topological polar surface area (TPSA) is 79.9 Å². The van der Waals surface area contributed by atoms with Crippen LogP contribution in [0.25, 0.3) is 11.3 Å². The predicted molar refractivity (Wildman–Crippen MR) is 114 cm³/mol. The summed E-state index contributed by atoms with van der Waals surface area (Å²) in [6, 6.07) is 10.9. The highest BCUT2D eigenvalue weighted by Gasteiger charge is 2.32. The Bertz CT molecular complexity index is 1080. The highest BCUT2D eigenvalue weighted by atomic mass is 35.5. The summed E-state index contributed by atoms with van der Waals surface area (Å²) >= 11 is 6.14. The lowest BCUT2D eigenvalue weighted by atomic mass is 10.00. The summed E-state index contributed by atoms with van der Waals surface area (Å²) in [6.07, 6.45) is 0. The minimum absolute atomic E-state index is 0.0827. The number of morpholine rings is 1. The Hall–Kier alpha value is -2.87. The minimum Gasteiger partial charge on any atom is -0.487 e. The van der Waals surface area contributed by atoms with Crippen LogP contribution in [0.3, 0.4) is 0 Å². The van der Waals surface area contributed by atoms with Gasteiger partial charge in [0.05, 0.1) is 25.3 Å². The number of rotatable bonds is 3. The van der Waals surface area contributed by atoms with E-state index in [0.717, 1.165) is 29.8 Å². The third kappa shape index (κ3) is 3.56. The molecule has 0 bridgehead atoms. The average Bonchev–Trinajstić information content (AvgIpc) is 3.27. The number of ether oxygens (including phenoxy) is 2. The first-order valence-corrected chi connectivity index (χ1v) is 10.2. The summed E-state index contributed by atoms with van der Waals surface area (Å²) in [5, 5.41) is 6.35. The van der Waals surface area contributed by atoms with Gasteiger partial charge in [0.25, 0.3) is 5.91 Å². The van der Waals surface area contributed by atoms with Crippen molar-refractivity contribution in [2.75, 3.05) is 43.5 Å². The average molecular weight is 426 g/mol. The summed E-state index contributed by atoms with van der Waals surface area (Å²) in [5.74, 6) is 0.199. The van der Waals surface area contributed by atoms with Gasteiger partial charge in [-0.2, -0.15) is 0 Å². The molecule has 0 aliphatic carbocycles. The minimum atomic E-state index is -0.225. The summed E-state index contributed by atoms with van der Waals surface area (Å²) in [4.78, 5) is 27.2. The molecule has 0 unspecified atom stereocenters. The van der Waals surface area contributed by atoms with Gasteiger partial charge in [0, 0.05) is 46.2 Å². The van der Waals surface area contributed by atoms with Gasteiger partial charge in [-0.05, 0) is 30.3 Å². The fourth-order valence-corrected chi connectivity index (χ4v) is 4.13. The van der Waals surface area contributed by atoms with Gasteiger partial charge in [-0.1, -0.05) is 17.7 Å². The van der Waals surface area contributed by atoms with Crippen molar-refractivity contribution in [2.24, 2.45) is 0 Å². The third-order valence-electron chi connectivity index (χ3n) is 5.43. The van der Waals surface area contributed by atoms with Crippen LogP contribution in [0.1, 0.15) is 16.7 Å². The van der Waals surface area contributed by atoms with Crippen LogP contribution in [0, 0.1) is 0 Å². The number of carbonyl (C=O) groups is 2. The number of fused-ring (bicyclic) bond motifs is 2. The van der Waals surface area contributed by atoms with Gasteiger partial charge in [-0.3, -0.25) is 14.5 Å². The molecule has 2 N–H and O–H groups in total. The zero-order valence-electron chi connectivity index (χ0n) is 16.2. The van der Waals surface area contributed by atoms with E-state index in [9.17, 15) is 9.59 Å². The molecule has 0 radical (unpaired) electrons. The number of amides is 2. The molecule has 1 saturated heterocycles. The smallest absolute Gasteiger partial charge is 0.260 e. The second-order valence-electron chi connectivity index (χ2n) is 7.45. The Balaban J connectivity index is 1.43. The molecule has 2 aromatic carbocycles. The molecule has 0 saturated carbocycles. The van der Waals surface area contributed by atoms with Gasteiger partial charge in [0.15, 0.2) is 0 Å². The second kappa shape index (κ2) is 7.75. The number of nitrogens with one attached hydrogen (secondary N) is 2. The lowest BCUT2D eigenvalue weighted by molar-refractivity contribution is -0.118. The summed E-state index contributed by atoms with van der Waals surface area (Å²) in [5.41, 5.74) is 4.32. The molecule has 5 rings (SSSR count). The van der Waals surface area contributed by atoms with E-state index in [4.69, 9.17) is 21.1 Å². The van der Waals surface area contributed by atoms with Gasteiger partial charge in [0.2, 0.25) is 5.91 Å². The van der Waals surface area contributed by atoms with E-state index in [1.54, 1.807) is 18.2 Å². The Morgan fingerprint density at radius 2 is 1.97 bits per heavy atom. The van der Waals surface area contributed by atoms with E-state index in [1.807, 2.05) is 18.2 Å². The number of halogens is 1. The van der Waals surface area contributed by atoms with Crippen LogP contribution in [0.4, 0.5) is 11.4 Å². The number of benzene rings is 2. The molecule has 1 fully saturated rings. The molecule has 7 nitrogen and oxygen atoms in total. The predicted octanol–water partition coefficient (Wildman–Crippen LogP) is 2.96. The summed E-state index contributed by atoms with van der Waals surface area (Å²) in [7, 11) is 0. The fraction of sp³-hybridized carbons (Fsp3) is 0.273. The van der Waals surface area contributed by atoms with Crippen LogP contribution in [-0.2, 0) is 25.7 Å². The Morgan fingerprint density at radius 1 is 1.13 bits per heavy atom. The second-order valence-corrected chi connectivity index (χ2v) is 7.88. The third-order valence-corrected chi connectivity index (χ3v) is 5.67. The molecule has 0 aromatic heterocycles. The number of hydrogen-bond donors (Lipinski definition) is 2. The molecular formula is C22H20ClN3O4. The van der Waals surface area contributed by atoms with E-state index >= 15 is 0 Å². The van der Waals surface area contributed by atoms with Crippen molar-refractivity contribution in [1.82, 2.24) is 4.90 Å². The quantitative estimate of drug-likeness (QED) is 0.739. The molecular weight excluding hydrogens is 406 g/mol. The van der Waals surface area contributed by atoms with Crippen LogP contribution in [0.15, 0.2) is 36.4 Å². The first-order chi connectivity index (χ1) is 14.6. The molecule has 3 aliphatic heterocycles. The van der Waals surface area contributed by atoms with Gasteiger partial charge in [-0.25, -0.2) is 0 Å². The van der Waals surface area contributed by atoms with Crippen LogP contribution >= 0.6 is 11.6 Å². The van der Waals surface area contributed by atoms with Crippen molar-refractivity contribution < 1.29 is 19.1 Å². The zero-order chi connectivity index (χ0) is 20.7. The zero-order valence-corrected chi connectivity index (χ0v) is 16.9. The molecule has 2 amide bonds. The molecule has 0 spiro atoms. The van der Waals surface area contributed by atoms with Crippen LogP contribution in [0.2, 0.25) is 5.02 Å². The van der Waals surface area contributed by atoms with Gasteiger partial charge < -0.3 is 20.1 Å². The Labute approximate surface area is 178 Å². The van der Waals surface area contributed by atoms with E-state index in [1.165, 1.54) is 0 Å². The van der Waals surface area contributed by atoms with Crippen molar-refractivity contribution in [2.45, 2.75) is 6.61 Å². The highest BCUT2D eigenvalue weighted by Crippen LogP contribution is 2.42. The van der Waals surface area contributed by atoms with E-state index in [-0.39, 0.29) is 11.8 Å². The number of anilines is 2. The molecule has 0 atom stereocenters. The molecule has 30 heavy (non-hydrogen) atoms. The largest absolute Gasteiger partial charge is 0.487 e. The number of nitrogens with zero attached hydrogens (tertiary/aromatic N) is 1. The van der Waals surface area contributed by atoms with Gasteiger partial charge in [-0.15, -0.1) is 0 Å². The fourth-order valence-electron chi connectivity index (χ4n) is 3.95. The lowest BCUT2D eigenvalue weighted by Crippen LogP contribution is -2.41. The maximum atomic E-state index is 12.6. The van der Waals surface area contributed by atoms with Crippen LogP contribution < -0.4 is 10.6 Å². The molecule has 8 heteroatoms. The van der Waals surface area contributed by atoms with Crippen molar-refractivity contribution >= 4 is 46.1 Å². The Morgan fingerprint density at radius 3 is 2.80 bits per heavy atom. The van der Waals surface area contributed by atoms with E-state index in [0.29, 0.717) is 54.1 Å². The van der Waals surface area contributed by atoms with Crippen molar-refractivity contribution in [1.29, 1.82) is 0 Å². The van der Waals surface area contributed by atoms with Crippen molar-refractivity contribution in [3.63, 3.8) is 0 Å². The van der Waals surface area contributed by atoms with E-state index < -0.39 is 0 Å². The normalized spacial score (nSPS) is 20.4. The summed E-state index contributed by atoms with van der Waals surface area (Å²) in [6.45, 7) is 3.48. The first kappa shape index (κ1) is 19.1. The highest BCUT2D eigenvalue weighted by molar-refractivity contribution is 6.38. The molecule has 3 aliphatic rings. The van der Waals surface area contributed by atoms with Crippen LogP contribution in [-0.4, -0.2) is 49.6 Å². The molecule has 3 heterocycles. The SMILES string of the molecule is O=C(CN1CCOCC1)Nc1ccc2c(c1)/C(=C1\C(=O)Nc3ccc(Cl)cc31)OC2. The maximum absolute atomic E-state index is 12.6. The van der Waals surface area contributed by atoms with E-state index in [2.05, 4.69) is 15.5 Å². The standard InChI is InChI=1S/C22H20ClN3O4/c23-14-2-4-18-17(9-14)20(22(28)25-18)21-16-10-15(3-1-13(16)12-30-21)24-19(27)11-26-5-7-29-8-6-26/h1-4,9-10H,5-8,11-12H2,(H,24,27)(H,25,28)/b21-20+. The molecule has 2 aromatic rings. The Kier molecular flexibility index (Phi) is 4.94. The molecule has 154 valence electrons. The van der Waals surface area contributed by atoms with Crippen molar-refractivity contribution in [3.8, 4) is 0 Å². The first-order valence-electron chi connectivity index (χ1n) is 9.80. The number of carbonyl (C=O) groups excluding carboxylic acids is 2. The van der Waals surface area contributed by atoms with Gasteiger partial charge >= 0.3 is 0 Å². The van der Waals surface area contributed by atoms with Crippen molar-refractivity contribution in [3.05, 3.63) is 58.1 Å². The maximum Gasteiger partial charge on any atom is 0.260 e.